The first-order valence-corrected chi connectivity index (χ1v) is 16.0. The summed E-state index contributed by atoms with van der Waals surface area (Å²) in [5, 5.41) is 0.422. The van der Waals surface area contributed by atoms with Gasteiger partial charge in [-0.1, -0.05) is 59.3 Å². The third-order valence-electron chi connectivity index (χ3n) is 7.14. The summed E-state index contributed by atoms with van der Waals surface area (Å²) in [7, 11) is 0. The van der Waals surface area contributed by atoms with Gasteiger partial charge in [0.15, 0.2) is 16.3 Å². The zero-order valence-electron chi connectivity index (χ0n) is 25.9. The van der Waals surface area contributed by atoms with Crippen LogP contribution in [0.3, 0.4) is 0 Å². The molecule has 0 spiro atoms. The summed E-state index contributed by atoms with van der Waals surface area (Å²) >= 11 is 7.82. The second-order valence-electron chi connectivity index (χ2n) is 10.2. The molecule has 11 heteroatoms. The van der Waals surface area contributed by atoms with E-state index in [9.17, 15) is 14.4 Å². The van der Waals surface area contributed by atoms with Crippen LogP contribution >= 0.6 is 22.9 Å². The van der Waals surface area contributed by atoms with Crippen molar-refractivity contribution in [3.63, 3.8) is 0 Å². The number of halogens is 1. The van der Waals surface area contributed by atoms with Crippen LogP contribution in [0.4, 0.5) is 0 Å². The van der Waals surface area contributed by atoms with E-state index in [0.717, 1.165) is 11.1 Å². The Bertz CT molecular complexity index is 1980. The van der Waals surface area contributed by atoms with Crippen molar-refractivity contribution in [3.05, 3.63) is 125 Å². The quantitative estimate of drug-likeness (QED) is 0.193. The van der Waals surface area contributed by atoms with Crippen molar-refractivity contribution < 1.29 is 28.5 Å². The molecule has 0 amide bonds. The molecule has 0 N–H and O–H groups in total. The maximum Gasteiger partial charge on any atom is 0.338 e. The normalized spacial score (nSPS) is 14.4. The molecule has 0 aliphatic carbocycles. The fraction of sp³-hybridized carbons (Fsp3) is 0.257. The molecule has 46 heavy (non-hydrogen) atoms. The van der Waals surface area contributed by atoms with Crippen LogP contribution in [0, 0.1) is 0 Å². The first kappa shape index (κ1) is 32.7. The fourth-order valence-electron chi connectivity index (χ4n) is 5.05. The minimum Gasteiger partial charge on any atom is -0.490 e. The van der Waals surface area contributed by atoms with Gasteiger partial charge in [-0.25, -0.2) is 14.6 Å². The SMILES string of the molecule is CCOC(=O)C1=C(C)N=c2s/c(=C\c3ccc(OCc4ccc(C(=O)OCC)cc4)c(OCC)c3)c(=O)n2[C@@H]1c1ccccc1Cl. The molecule has 2 heterocycles. The number of esters is 2. The smallest absolute Gasteiger partial charge is 0.338 e. The highest BCUT2D eigenvalue weighted by Gasteiger charge is 2.34. The second kappa shape index (κ2) is 14.6. The molecule has 3 aromatic carbocycles. The molecular formula is C35H33ClN2O7S. The highest BCUT2D eigenvalue weighted by Crippen LogP contribution is 2.34. The lowest BCUT2D eigenvalue weighted by molar-refractivity contribution is -0.139. The van der Waals surface area contributed by atoms with E-state index in [1.54, 1.807) is 63.2 Å². The molecule has 9 nitrogen and oxygen atoms in total. The number of ether oxygens (including phenoxy) is 4. The third kappa shape index (κ3) is 6.93. The summed E-state index contributed by atoms with van der Waals surface area (Å²) in [5.41, 5.74) is 3.08. The Labute approximate surface area is 275 Å². The van der Waals surface area contributed by atoms with E-state index in [4.69, 9.17) is 30.5 Å². The van der Waals surface area contributed by atoms with E-state index < -0.39 is 12.0 Å². The molecule has 1 aromatic heterocycles. The Morgan fingerprint density at radius 2 is 1.63 bits per heavy atom. The molecular weight excluding hydrogens is 628 g/mol. The van der Waals surface area contributed by atoms with Crippen molar-refractivity contribution in [2.45, 2.75) is 40.3 Å². The molecule has 0 saturated heterocycles. The van der Waals surface area contributed by atoms with E-state index in [0.29, 0.717) is 55.9 Å². The molecule has 0 radical (unpaired) electrons. The molecule has 238 valence electrons. The number of aromatic nitrogens is 1. The van der Waals surface area contributed by atoms with E-state index in [2.05, 4.69) is 4.99 Å². The summed E-state index contributed by atoms with van der Waals surface area (Å²) in [6, 6.07) is 18.8. The number of thiazole rings is 1. The summed E-state index contributed by atoms with van der Waals surface area (Å²) in [6.45, 7) is 8.25. The Balaban J connectivity index is 1.48. The number of rotatable bonds is 11. The molecule has 5 rings (SSSR count). The van der Waals surface area contributed by atoms with Gasteiger partial charge in [-0.05, 0) is 80.8 Å². The first-order chi connectivity index (χ1) is 22.2. The Morgan fingerprint density at radius 1 is 0.913 bits per heavy atom. The van der Waals surface area contributed by atoms with Crippen molar-refractivity contribution in [3.8, 4) is 11.5 Å². The van der Waals surface area contributed by atoms with Gasteiger partial charge in [-0.15, -0.1) is 0 Å². The van der Waals surface area contributed by atoms with E-state index >= 15 is 0 Å². The largest absolute Gasteiger partial charge is 0.490 e. The second-order valence-corrected chi connectivity index (χ2v) is 11.6. The highest BCUT2D eigenvalue weighted by molar-refractivity contribution is 7.07. The summed E-state index contributed by atoms with van der Waals surface area (Å²) in [4.78, 5) is 44.1. The van der Waals surface area contributed by atoms with Gasteiger partial charge in [0.25, 0.3) is 5.56 Å². The highest BCUT2D eigenvalue weighted by atomic mass is 35.5. The zero-order valence-corrected chi connectivity index (χ0v) is 27.4. The monoisotopic (exact) mass is 660 g/mol. The van der Waals surface area contributed by atoms with Crippen LogP contribution in [-0.2, 0) is 20.9 Å². The lowest BCUT2D eigenvalue weighted by Gasteiger charge is -2.25. The molecule has 1 aliphatic rings. The van der Waals surface area contributed by atoms with Gasteiger partial charge in [0.1, 0.15) is 12.6 Å². The fourth-order valence-corrected chi connectivity index (χ4v) is 6.33. The van der Waals surface area contributed by atoms with E-state index in [1.807, 2.05) is 37.3 Å². The molecule has 1 atom stereocenters. The van der Waals surface area contributed by atoms with E-state index in [1.165, 1.54) is 15.9 Å². The van der Waals surface area contributed by atoms with Crippen LogP contribution < -0.4 is 24.4 Å². The van der Waals surface area contributed by atoms with Crippen LogP contribution in [0.25, 0.3) is 6.08 Å². The molecule has 4 aromatic rings. The standard InChI is InChI=1S/C35H33ClN2O7S/c1-5-42-28-18-23(14-17-27(28)45-20-22-12-15-24(16-13-22)33(40)43-6-2)19-29-32(39)38-31(25-10-8-9-11-26(25)36)30(34(41)44-7-3)21(4)37-35(38)46-29/h8-19,31H,5-7,20H2,1-4H3/b29-19-/t31-/m1/s1. The van der Waals surface area contributed by atoms with Gasteiger partial charge in [0.05, 0.1) is 41.2 Å². The van der Waals surface area contributed by atoms with Gasteiger partial charge in [-0.2, -0.15) is 0 Å². The Hall–Kier alpha value is -4.67. The topological polar surface area (TPSA) is 105 Å². The lowest BCUT2D eigenvalue weighted by atomic mass is 9.96. The van der Waals surface area contributed by atoms with Crippen LogP contribution in [0.15, 0.2) is 87.8 Å². The summed E-state index contributed by atoms with van der Waals surface area (Å²) in [6.07, 6.45) is 1.76. The predicted molar refractivity (Wildman–Crippen MR) is 176 cm³/mol. The maximum absolute atomic E-state index is 14.0. The van der Waals surface area contributed by atoms with Crippen molar-refractivity contribution in [2.75, 3.05) is 19.8 Å². The minimum absolute atomic E-state index is 0.179. The minimum atomic E-state index is -0.799. The molecule has 0 fully saturated rings. The third-order valence-corrected chi connectivity index (χ3v) is 8.47. The summed E-state index contributed by atoms with van der Waals surface area (Å²) in [5.74, 6) is 0.130. The predicted octanol–water partition coefficient (Wildman–Crippen LogP) is 5.61. The Kier molecular flexibility index (Phi) is 10.4. The number of hydrogen-bond acceptors (Lipinski definition) is 9. The van der Waals surface area contributed by atoms with Crippen LogP contribution in [-0.4, -0.2) is 36.3 Å². The lowest BCUT2D eigenvalue weighted by Crippen LogP contribution is -2.40. The number of carbonyl (C=O) groups excluding carboxylic acids is 2. The maximum atomic E-state index is 14.0. The van der Waals surface area contributed by atoms with Crippen LogP contribution in [0.2, 0.25) is 5.02 Å². The zero-order chi connectivity index (χ0) is 32.8. The number of benzene rings is 3. The van der Waals surface area contributed by atoms with Crippen molar-refractivity contribution in [1.82, 2.24) is 4.57 Å². The average Bonchev–Trinajstić information content (AvgIpc) is 3.34. The average molecular weight is 661 g/mol. The number of allylic oxidation sites excluding steroid dienone is 1. The Morgan fingerprint density at radius 3 is 2.33 bits per heavy atom. The van der Waals surface area contributed by atoms with Crippen molar-refractivity contribution in [2.24, 2.45) is 4.99 Å². The summed E-state index contributed by atoms with van der Waals surface area (Å²) < 4.78 is 24.3. The van der Waals surface area contributed by atoms with Crippen molar-refractivity contribution >= 4 is 41.0 Å². The molecule has 0 bridgehead atoms. The van der Waals surface area contributed by atoms with E-state index in [-0.39, 0.29) is 30.3 Å². The number of fused-ring (bicyclic) bond motifs is 1. The number of hydrogen-bond donors (Lipinski definition) is 0. The number of nitrogens with zero attached hydrogens (tertiary/aromatic N) is 2. The van der Waals surface area contributed by atoms with Gasteiger partial charge in [-0.3, -0.25) is 9.36 Å². The van der Waals surface area contributed by atoms with Gasteiger partial charge in [0, 0.05) is 5.02 Å². The van der Waals surface area contributed by atoms with Gasteiger partial charge >= 0.3 is 11.9 Å². The molecule has 0 unspecified atom stereocenters. The first-order valence-electron chi connectivity index (χ1n) is 14.8. The van der Waals surface area contributed by atoms with Crippen molar-refractivity contribution in [1.29, 1.82) is 0 Å². The number of carbonyl (C=O) groups is 2. The van der Waals surface area contributed by atoms with Gasteiger partial charge in [0.2, 0.25) is 0 Å². The molecule has 1 aliphatic heterocycles. The molecule has 0 saturated carbocycles. The van der Waals surface area contributed by atoms with Crippen LogP contribution in [0.5, 0.6) is 11.5 Å². The van der Waals surface area contributed by atoms with Crippen LogP contribution in [0.1, 0.15) is 60.8 Å². The van der Waals surface area contributed by atoms with Gasteiger partial charge < -0.3 is 18.9 Å².